The zero-order chi connectivity index (χ0) is 38.2. The number of rotatable bonds is 12. The Bertz CT molecular complexity index is 1210. The van der Waals surface area contributed by atoms with E-state index in [9.17, 15) is 75.7 Å². The van der Waals surface area contributed by atoms with Crippen LogP contribution >= 0.6 is 0 Å². The molecule has 24 nitrogen and oxygen atoms in total. The van der Waals surface area contributed by atoms with Gasteiger partial charge in [0.25, 0.3) is 0 Å². The van der Waals surface area contributed by atoms with Gasteiger partial charge in [0.1, 0.15) is 67.1 Å². The Kier molecular flexibility index (Phi) is 13.6. The van der Waals surface area contributed by atoms with Crippen molar-refractivity contribution in [2.75, 3.05) is 14.2 Å². The van der Waals surface area contributed by atoms with Crippen molar-refractivity contribution >= 4 is 17.9 Å². The maximum absolute atomic E-state index is 12.2. The minimum Gasteiger partial charge on any atom is -0.479 e. The third kappa shape index (κ3) is 8.27. The molecule has 4 saturated heterocycles. The Morgan fingerprint density at radius 1 is 0.490 bits per heavy atom. The first-order valence-corrected chi connectivity index (χ1v) is 15.3. The average molecular weight is 751 g/mol. The number of carboxylic acid groups (broad SMARTS) is 3. The Hall–Kier alpha value is -2.31. The van der Waals surface area contributed by atoms with E-state index in [0.717, 1.165) is 14.2 Å². The number of aliphatic hydroxyl groups excluding tert-OH is 8. The summed E-state index contributed by atoms with van der Waals surface area (Å²) in [5.74, 6) is -6.52. The molecule has 4 aliphatic rings. The van der Waals surface area contributed by atoms with Gasteiger partial charge in [0.15, 0.2) is 49.8 Å². The highest BCUT2D eigenvalue weighted by atomic mass is 16.8. The number of hydrogen-bond donors (Lipinski definition) is 12. The fourth-order valence-corrected chi connectivity index (χ4v) is 6.17. The smallest absolute Gasteiger partial charge is 0.335 e. The van der Waals surface area contributed by atoms with Gasteiger partial charge in [-0.25, -0.2) is 14.4 Å². The fourth-order valence-electron chi connectivity index (χ4n) is 6.17. The largest absolute Gasteiger partial charge is 0.479 e. The lowest BCUT2D eigenvalue weighted by molar-refractivity contribution is -0.387. The van der Waals surface area contributed by atoms with E-state index in [-0.39, 0.29) is 0 Å². The molecular formula is C27H42O24. The molecule has 4 fully saturated rings. The van der Waals surface area contributed by atoms with E-state index in [0.29, 0.717) is 0 Å². The van der Waals surface area contributed by atoms with E-state index in [4.69, 9.17) is 42.6 Å². The van der Waals surface area contributed by atoms with Crippen LogP contribution in [-0.4, -0.2) is 216 Å². The summed E-state index contributed by atoms with van der Waals surface area (Å²) < 4.78 is 47.2. The SMILES string of the molecule is CO[C@@H]1O[C@@H](C(=O)O)[C@@H](O[C@@H]2OC(C(=O)O)[C@@H](O[C@@H]3OC(C(O)O)[C@@H](O[C@@H]4OC(C(=O)O)[C@@H](OC)[C@@H](O)C4O)C(C)C3O)C(O)[C@H]2O)C(O)C1O. The summed E-state index contributed by atoms with van der Waals surface area (Å²) in [6.07, 6.45) is -40.0. The number of ether oxygens (including phenoxy) is 9. The van der Waals surface area contributed by atoms with Gasteiger partial charge in [-0.1, -0.05) is 6.92 Å². The number of carbonyl (C=O) groups is 3. The quantitative estimate of drug-likeness (QED) is 0.0824. The summed E-state index contributed by atoms with van der Waals surface area (Å²) in [5, 5.41) is 124. The van der Waals surface area contributed by atoms with Gasteiger partial charge in [0.2, 0.25) is 0 Å². The van der Waals surface area contributed by atoms with Crippen LogP contribution in [0.15, 0.2) is 0 Å². The van der Waals surface area contributed by atoms with E-state index >= 15 is 0 Å². The highest BCUT2D eigenvalue weighted by Gasteiger charge is 2.57. The third-order valence-corrected chi connectivity index (χ3v) is 8.99. The van der Waals surface area contributed by atoms with Gasteiger partial charge in [-0.05, 0) is 0 Å². The molecule has 4 rings (SSSR count). The zero-order valence-corrected chi connectivity index (χ0v) is 26.9. The van der Waals surface area contributed by atoms with Crippen LogP contribution in [0.1, 0.15) is 6.92 Å². The van der Waals surface area contributed by atoms with E-state index in [1.165, 1.54) is 6.92 Å². The van der Waals surface area contributed by atoms with Crippen LogP contribution in [0.5, 0.6) is 0 Å². The highest BCUT2D eigenvalue weighted by molar-refractivity contribution is 5.74. The van der Waals surface area contributed by atoms with Gasteiger partial charge < -0.3 is 104 Å². The van der Waals surface area contributed by atoms with E-state index in [2.05, 4.69) is 0 Å². The van der Waals surface area contributed by atoms with Crippen molar-refractivity contribution in [1.29, 1.82) is 0 Å². The Morgan fingerprint density at radius 2 is 0.843 bits per heavy atom. The first-order chi connectivity index (χ1) is 23.9. The van der Waals surface area contributed by atoms with Gasteiger partial charge >= 0.3 is 17.9 Å². The molecule has 0 aromatic heterocycles. The van der Waals surface area contributed by atoms with Crippen molar-refractivity contribution in [3.8, 4) is 0 Å². The summed E-state index contributed by atoms with van der Waals surface area (Å²) in [6.45, 7) is 1.24. The van der Waals surface area contributed by atoms with E-state index < -0.39 is 147 Å². The van der Waals surface area contributed by atoms with Crippen molar-refractivity contribution in [2.24, 2.45) is 5.92 Å². The summed E-state index contributed by atoms with van der Waals surface area (Å²) >= 11 is 0. The Labute approximate surface area is 286 Å². The van der Waals surface area contributed by atoms with Crippen LogP contribution in [0.2, 0.25) is 0 Å². The molecule has 4 aliphatic heterocycles. The number of carboxylic acids is 3. The second kappa shape index (κ2) is 16.8. The zero-order valence-electron chi connectivity index (χ0n) is 26.9. The lowest BCUT2D eigenvalue weighted by atomic mass is 9.89. The summed E-state index contributed by atoms with van der Waals surface area (Å²) in [5.41, 5.74) is 0. The molecular weight excluding hydrogens is 708 g/mol. The van der Waals surface area contributed by atoms with Crippen LogP contribution in [0, 0.1) is 5.92 Å². The van der Waals surface area contributed by atoms with Gasteiger partial charge in [-0.2, -0.15) is 0 Å². The number of aliphatic hydroxyl groups is 9. The highest BCUT2D eigenvalue weighted by Crippen LogP contribution is 2.37. The molecule has 20 atom stereocenters. The Balaban J connectivity index is 1.51. The molecule has 0 spiro atoms. The molecule has 0 amide bonds. The molecule has 4 heterocycles. The van der Waals surface area contributed by atoms with Gasteiger partial charge in [0, 0.05) is 20.1 Å². The molecule has 9 unspecified atom stereocenters. The maximum atomic E-state index is 12.2. The lowest BCUT2D eigenvalue weighted by Crippen LogP contribution is -2.67. The van der Waals surface area contributed by atoms with Crippen LogP contribution in [-0.2, 0) is 57.0 Å². The predicted molar refractivity (Wildman–Crippen MR) is 149 cm³/mol. The molecule has 51 heavy (non-hydrogen) atoms. The van der Waals surface area contributed by atoms with Gasteiger partial charge in [-0.15, -0.1) is 0 Å². The molecule has 294 valence electrons. The van der Waals surface area contributed by atoms with Crippen LogP contribution in [0.3, 0.4) is 0 Å². The first-order valence-electron chi connectivity index (χ1n) is 15.3. The van der Waals surface area contributed by atoms with Gasteiger partial charge in [0.05, 0.1) is 6.10 Å². The molecule has 0 saturated carbocycles. The molecule has 24 heteroatoms. The second-order valence-corrected chi connectivity index (χ2v) is 12.2. The molecule has 0 bridgehead atoms. The summed E-state index contributed by atoms with van der Waals surface area (Å²) in [4.78, 5) is 35.8. The second-order valence-electron chi connectivity index (χ2n) is 12.2. The predicted octanol–water partition coefficient (Wildman–Crippen LogP) is -7.57. The van der Waals surface area contributed by atoms with Crippen LogP contribution in [0.25, 0.3) is 0 Å². The number of aliphatic carboxylic acids is 3. The summed E-state index contributed by atoms with van der Waals surface area (Å²) in [7, 11) is 2.09. The molecule has 0 radical (unpaired) electrons. The summed E-state index contributed by atoms with van der Waals surface area (Å²) in [6, 6.07) is 0. The normalized spacial score (nSPS) is 47.9. The number of hydrogen-bond acceptors (Lipinski definition) is 21. The lowest BCUT2D eigenvalue weighted by Gasteiger charge is -2.49. The van der Waals surface area contributed by atoms with Gasteiger partial charge in [-0.3, -0.25) is 0 Å². The van der Waals surface area contributed by atoms with E-state index in [1.54, 1.807) is 0 Å². The molecule has 0 aromatic carbocycles. The van der Waals surface area contributed by atoms with Crippen molar-refractivity contribution < 1.29 is 118 Å². The Morgan fingerprint density at radius 3 is 1.24 bits per heavy atom. The molecule has 0 aliphatic carbocycles. The number of methoxy groups -OCH3 is 2. The minimum atomic E-state index is -2.46. The fraction of sp³-hybridized carbons (Fsp3) is 0.889. The molecule has 0 aromatic rings. The topological polar surface area (TPSA) is 377 Å². The maximum Gasteiger partial charge on any atom is 0.335 e. The van der Waals surface area contributed by atoms with Crippen molar-refractivity contribution in [3.05, 3.63) is 0 Å². The minimum absolute atomic E-state index is 1.04. The van der Waals surface area contributed by atoms with Crippen LogP contribution < -0.4 is 0 Å². The average Bonchev–Trinajstić information content (AvgIpc) is 3.07. The monoisotopic (exact) mass is 750 g/mol. The first kappa shape index (κ1) is 41.4. The van der Waals surface area contributed by atoms with Crippen LogP contribution in [0.4, 0.5) is 0 Å². The van der Waals surface area contributed by atoms with Crippen molar-refractivity contribution in [2.45, 2.75) is 130 Å². The third-order valence-electron chi connectivity index (χ3n) is 8.99. The standard InChI is InChI=1S/C27H42O24/c1-4-5(28)25(49-16(20(35)36)12(4)45-26-10(33)6(29)13(43-2)17(50-26)21(37)38)46-15-8(31)11(34)27(51-19(15)23(41)42)47-14-7(30)9(32)24(44-3)48-18(14)22(39)40/h4-20,24-36H,1-3H3,(H,37,38)(H,39,40)(H,41,42)/t4?,5?,6-,7?,8?,9?,10?,11+,12-,13-,14-,15-,16?,17?,18+,19?,24+,25+,26+,27+/m0/s1. The van der Waals surface area contributed by atoms with E-state index in [1.807, 2.05) is 0 Å². The van der Waals surface area contributed by atoms with Crippen molar-refractivity contribution in [3.63, 3.8) is 0 Å². The molecule has 12 N–H and O–H groups in total. The van der Waals surface area contributed by atoms with Crippen molar-refractivity contribution in [1.82, 2.24) is 0 Å².